The second-order valence-electron chi connectivity index (χ2n) is 6.36. The van der Waals surface area contributed by atoms with Crippen LogP contribution in [0.5, 0.6) is 0 Å². The Kier molecular flexibility index (Phi) is 7.24. The van der Waals surface area contributed by atoms with E-state index in [4.69, 9.17) is 21.4 Å². The number of halogens is 3. The molecule has 3 rings (SSSR count). The van der Waals surface area contributed by atoms with Crippen molar-refractivity contribution in [1.29, 1.82) is 0 Å². The van der Waals surface area contributed by atoms with Crippen LogP contribution in [0.1, 0.15) is 11.3 Å². The molecule has 0 aliphatic carbocycles. The van der Waals surface area contributed by atoms with Crippen LogP contribution in [0.25, 0.3) is 11.3 Å². The number of nitrogens with zero attached hydrogens (tertiary/aromatic N) is 2. The van der Waals surface area contributed by atoms with E-state index in [1.54, 1.807) is 18.2 Å². The second-order valence-corrected chi connectivity index (χ2v) is 6.77. The third-order valence-corrected chi connectivity index (χ3v) is 4.51. The third kappa shape index (κ3) is 6.55. The fourth-order valence-electron chi connectivity index (χ4n) is 2.77. The molecule has 1 fully saturated rings. The molecule has 0 amide bonds. The Morgan fingerprint density at radius 1 is 1.21 bits per heavy atom. The van der Waals surface area contributed by atoms with Gasteiger partial charge in [0.2, 0.25) is 0 Å². The quantitative estimate of drug-likeness (QED) is 0.421. The molecule has 0 saturated carbocycles. The Bertz CT molecular complexity index is 848. The summed E-state index contributed by atoms with van der Waals surface area (Å²) in [5, 5.41) is 7.41. The van der Waals surface area contributed by atoms with Crippen molar-refractivity contribution in [2.24, 2.45) is 5.10 Å². The molecule has 2 aromatic rings. The lowest BCUT2D eigenvalue weighted by atomic mass is 10.1. The van der Waals surface area contributed by atoms with Gasteiger partial charge in [-0.1, -0.05) is 12.1 Å². The molecule has 10 heteroatoms. The van der Waals surface area contributed by atoms with E-state index in [1.165, 1.54) is 12.3 Å². The maximum absolute atomic E-state index is 12.8. The van der Waals surface area contributed by atoms with E-state index in [0.29, 0.717) is 28.7 Å². The summed E-state index contributed by atoms with van der Waals surface area (Å²) in [5.74, 6) is 0.713. The fourth-order valence-corrected chi connectivity index (χ4v) is 2.93. The molecule has 2 N–H and O–H groups in total. The lowest BCUT2D eigenvalue weighted by molar-refractivity contribution is -0.137. The maximum Gasteiger partial charge on any atom is 0.416 e. The van der Waals surface area contributed by atoms with Gasteiger partial charge in [-0.3, -0.25) is 10.3 Å². The van der Waals surface area contributed by atoms with E-state index in [9.17, 15) is 13.2 Å². The van der Waals surface area contributed by atoms with Crippen molar-refractivity contribution in [2.45, 2.75) is 6.18 Å². The first kappa shape index (κ1) is 21.3. The predicted molar refractivity (Wildman–Crippen MR) is 108 cm³/mol. The molecule has 156 valence electrons. The number of benzene rings is 1. The van der Waals surface area contributed by atoms with Crippen LogP contribution in [0.2, 0.25) is 0 Å². The van der Waals surface area contributed by atoms with Gasteiger partial charge in [-0.05, 0) is 36.5 Å². The first-order valence-corrected chi connectivity index (χ1v) is 9.47. The van der Waals surface area contributed by atoms with Gasteiger partial charge in [0, 0.05) is 31.7 Å². The molecular formula is C19H21F3N4O2S. The van der Waals surface area contributed by atoms with Crippen LogP contribution in [-0.4, -0.2) is 55.6 Å². The zero-order chi connectivity index (χ0) is 20.7. The Balaban J connectivity index is 1.47. The molecular weight excluding hydrogens is 405 g/mol. The molecule has 1 aromatic carbocycles. The summed E-state index contributed by atoms with van der Waals surface area (Å²) in [7, 11) is 0. The number of furan rings is 1. The highest BCUT2D eigenvalue weighted by atomic mass is 32.1. The van der Waals surface area contributed by atoms with E-state index >= 15 is 0 Å². The first-order valence-electron chi connectivity index (χ1n) is 9.06. The monoisotopic (exact) mass is 426 g/mol. The van der Waals surface area contributed by atoms with E-state index in [1.807, 2.05) is 0 Å². The number of thiocarbonyl (C=S) groups is 1. The smallest absolute Gasteiger partial charge is 0.416 e. The van der Waals surface area contributed by atoms with Crippen molar-refractivity contribution in [2.75, 3.05) is 39.4 Å². The van der Waals surface area contributed by atoms with Crippen molar-refractivity contribution >= 4 is 23.5 Å². The number of hydrogen-bond donors (Lipinski definition) is 2. The number of hydrogen-bond acceptors (Lipinski definition) is 5. The molecule has 29 heavy (non-hydrogen) atoms. The Hall–Kier alpha value is -2.43. The van der Waals surface area contributed by atoms with Gasteiger partial charge in [-0.15, -0.1) is 0 Å². The molecule has 0 bridgehead atoms. The Morgan fingerprint density at radius 3 is 2.76 bits per heavy atom. The Morgan fingerprint density at radius 2 is 2.00 bits per heavy atom. The van der Waals surface area contributed by atoms with Crippen molar-refractivity contribution in [1.82, 2.24) is 15.6 Å². The molecule has 2 heterocycles. The van der Waals surface area contributed by atoms with Crippen LogP contribution >= 0.6 is 12.2 Å². The molecule has 0 spiro atoms. The minimum Gasteiger partial charge on any atom is -0.455 e. The molecule has 1 aliphatic heterocycles. The van der Waals surface area contributed by atoms with Crippen LogP contribution in [0.4, 0.5) is 13.2 Å². The van der Waals surface area contributed by atoms with Gasteiger partial charge in [-0.25, -0.2) is 0 Å². The standard InChI is InChI=1S/C19H21F3N4O2S/c20-19(21,22)15-3-1-2-14(12-15)17-5-4-16(28-17)13-24-25-18(29)23-6-7-26-8-10-27-11-9-26/h1-5,12-13H,6-11H2,(H2,23,25,29). The van der Waals surface area contributed by atoms with Crippen LogP contribution < -0.4 is 10.7 Å². The van der Waals surface area contributed by atoms with Gasteiger partial charge in [-0.2, -0.15) is 18.3 Å². The van der Waals surface area contributed by atoms with E-state index < -0.39 is 11.7 Å². The molecule has 1 aliphatic rings. The van der Waals surface area contributed by atoms with Crippen LogP contribution in [0.3, 0.4) is 0 Å². The zero-order valence-corrected chi connectivity index (χ0v) is 16.4. The summed E-state index contributed by atoms with van der Waals surface area (Å²) in [6, 6.07) is 8.18. The van der Waals surface area contributed by atoms with Crippen LogP contribution in [0.15, 0.2) is 45.9 Å². The molecule has 0 unspecified atom stereocenters. The summed E-state index contributed by atoms with van der Waals surface area (Å²) in [4.78, 5) is 2.28. The Labute approximate surface area is 171 Å². The van der Waals surface area contributed by atoms with Crippen molar-refractivity contribution in [3.8, 4) is 11.3 Å². The fraction of sp³-hybridized carbons (Fsp3) is 0.368. The summed E-state index contributed by atoms with van der Waals surface area (Å²) >= 11 is 5.15. The number of rotatable bonds is 6. The molecule has 1 aromatic heterocycles. The summed E-state index contributed by atoms with van der Waals surface area (Å²) < 4.78 is 49.4. The van der Waals surface area contributed by atoms with Crippen molar-refractivity contribution in [3.63, 3.8) is 0 Å². The van der Waals surface area contributed by atoms with E-state index in [0.717, 1.165) is 45.0 Å². The van der Waals surface area contributed by atoms with Gasteiger partial charge in [0.1, 0.15) is 11.5 Å². The highest BCUT2D eigenvalue weighted by Crippen LogP contribution is 2.32. The normalized spacial score (nSPS) is 15.6. The average molecular weight is 426 g/mol. The zero-order valence-electron chi connectivity index (χ0n) is 15.5. The molecule has 0 radical (unpaired) electrons. The maximum atomic E-state index is 12.8. The minimum absolute atomic E-state index is 0.323. The topological polar surface area (TPSA) is 62.0 Å². The molecule has 0 atom stereocenters. The predicted octanol–water partition coefficient (Wildman–Crippen LogP) is 3.10. The van der Waals surface area contributed by atoms with Crippen molar-refractivity contribution in [3.05, 3.63) is 47.7 Å². The number of ether oxygens (including phenoxy) is 1. The second kappa shape index (κ2) is 9.86. The van der Waals surface area contributed by atoms with Gasteiger partial charge in [0.05, 0.1) is 25.0 Å². The molecule has 1 saturated heterocycles. The van der Waals surface area contributed by atoms with Crippen LogP contribution in [-0.2, 0) is 10.9 Å². The van der Waals surface area contributed by atoms with E-state index in [-0.39, 0.29) is 0 Å². The van der Waals surface area contributed by atoms with Gasteiger partial charge in [0.25, 0.3) is 0 Å². The number of alkyl halides is 3. The van der Waals surface area contributed by atoms with Gasteiger partial charge >= 0.3 is 6.18 Å². The number of nitrogens with one attached hydrogen (secondary N) is 2. The number of hydrazone groups is 1. The van der Waals surface area contributed by atoms with Gasteiger partial charge in [0.15, 0.2) is 5.11 Å². The van der Waals surface area contributed by atoms with Crippen molar-refractivity contribution < 1.29 is 22.3 Å². The highest BCUT2D eigenvalue weighted by Gasteiger charge is 2.30. The lowest BCUT2D eigenvalue weighted by Crippen LogP contribution is -2.42. The number of morpholine rings is 1. The largest absolute Gasteiger partial charge is 0.455 e. The summed E-state index contributed by atoms with van der Waals surface area (Å²) in [6.07, 6.45) is -2.99. The SMILES string of the molecule is FC(F)(F)c1cccc(-c2ccc(C=NNC(=S)NCCN3CCOCC3)o2)c1. The molecule has 6 nitrogen and oxygen atoms in total. The lowest BCUT2D eigenvalue weighted by Gasteiger charge is -2.26. The third-order valence-electron chi connectivity index (χ3n) is 4.28. The summed E-state index contributed by atoms with van der Waals surface area (Å²) in [5.41, 5.74) is 2.30. The average Bonchev–Trinajstić information content (AvgIpc) is 3.17. The summed E-state index contributed by atoms with van der Waals surface area (Å²) in [6.45, 7) is 4.85. The highest BCUT2D eigenvalue weighted by molar-refractivity contribution is 7.80. The van der Waals surface area contributed by atoms with Crippen LogP contribution in [0, 0.1) is 0 Å². The van der Waals surface area contributed by atoms with Gasteiger partial charge < -0.3 is 14.5 Å². The minimum atomic E-state index is -4.40. The van der Waals surface area contributed by atoms with E-state index in [2.05, 4.69) is 20.7 Å². The first-order chi connectivity index (χ1) is 13.9.